The summed E-state index contributed by atoms with van der Waals surface area (Å²) in [6, 6.07) is 3.74. The molecule has 2 aliphatic rings. The summed E-state index contributed by atoms with van der Waals surface area (Å²) in [7, 11) is 1.21. The molecule has 2 aromatic rings. The van der Waals surface area contributed by atoms with E-state index in [1.807, 2.05) is 0 Å². The van der Waals surface area contributed by atoms with Gasteiger partial charge in [0.1, 0.15) is 17.4 Å². The lowest BCUT2D eigenvalue weighted by Crippen LogP contribution is -2.36. The van der Waals surface area contributed by atoms with E-state index in [1.165, 1.54) is 19.2 Å². The average molecular weight is 487 g/mol. The smallest absolute Gasteiger partial charge is 0.418 e. The molecule has 1 saturated carbocycles. The zero-order valence-electron chi connectivity index (χ0n) is 17.9. The van der Waals surface area contributed by atoms with Crippen molar-refractivity contribution in [2.75, 3.05) is 31.7 Å². The molecule has 178 valence electrons. The van der Waals surface area contributed by atoms with Crippen molar-refractivity contribution in [3.05, 3.63) is 51.9 Å². The Morgan fingerprint density at radius 1 is 1.18 bits per heavy atom. The molecule has 1 aliphatic carbocycles. The maximum atomic E-state index is 14.4. The fraction of sp³-hybridized carbons (Fsp3) is 0.478. The van der Waals surface area contributed by atoms with Gasteiger partial charge in [0.05, 0.1) is 29.9 Å². The number of hydrogen-bond donors (Lipinski definition) is 0. The van der Waals surface area contributed by atoms with Crippen molar-refractivity contribution in [3.63, 3.8) is 0 Å². The second-order valence-corrected chi connectivity index (χ2v) is 8.80. The minimum atomic E-state index is -4.54. The molecule has 10 heteroatoms. The molecule has 1 saturated heterocycles. The summed E-state index contributed by atoms with van der Waals surface area (Å²) in [5.74, 6) is -0.347. The molecular weight excluding hydrogens is 464 g/mol. The maximum absolute atomic E-state index is 14.4. The minimum absolute atomic E-state index is 0.103. The highest BCUT2D eigenvalue weighted by molar-refractivity contribution is 6.31. The Morgan fingerprint density at radius 2 is 1.88 bits per heavy atom. The highest BCUT2D eigenvalue weighted by Gasteiger charge is 2.35. The van der Waals surface area contributed by atoms with Gasteiger partial charge in [-0.15, -0.1) is 0 Å². The summed E-state index contributed by atoms with van der Waals surface area (Å²) >= 11 is 5.66. The summed E-state index contributed by atoms with van der Waals surface area (Å²) in [6.07, 6.45) is -0.232. The molecule has 2 heterocycles. The fourth-order valence-electron chi connectivity index (χ4n) is 4.03. The van der Waals surface area contributed by atoms with E-state index in [-0.39, 0.29) is 23.2 Å². The molecule has 0 bridgehead atoms. The van der Waals surface area contributed by atoms with Crippen LogP contribution in [0.4, 0.5) is 23.4 Å². The van der Waals surface area contributed by atoms with Crippen molar-refractivity contribution >= 4 is 23.4 Å². The molecule has 1 aromatic heterocycles. The van der Waals surface area contributed by atoms with E-state index in [0.29, 0.717) is 38.3 Å². The van der Waals surface area contributed by atoms with Crippen LogP contribution in [0.15, 0.2) is 24.4 Å². The average Bonchev–Trinajstić information content (AvgIpc) is 3.62. The number of alkyl halides is 3. The maximum Gasteiger partial charge on any atom is 0.418 e. The predicted octanol–water partition coefficient (Wildman–Crippen LogP) is 5.85. The lowest BCUT2D eigenvalue weighted by Gasteiger charge is -2.33. The zero-order valence-corrected chi connectivity index (χ0v) is 18.7. The van der Waals surface area contributed by atoms with Crippen molar-refractivity contribution in [1.29, 1.82) is 0 Å². The first kappa shape index (κ1) is 23.6. The third kappa shape index (κ3) is 5.34. The molecule has 0 radical (unpaired) electrons. The molecule has 2 fully saturated rings. The Morgan fingerprint density at radius 3 is 2.48 bits per heavy atom. The van der Waals surface area contributed by atoms with Gasteiger partial charge in [-0.1, -0.05) is 11.6 Å². The molecular formula is C23H23ClF4N2O3. The number of methoxy groups -OCH3 is 1. The van der Waals surface area contributed by atoms with Crippen molar-refractivity contribution < 1.29 is 31.8 Å². The Bertz CT molecular complexity index is 1040. The molecule has 1 aliphatic heterocycles. The van der Waals surface area contributed by atoms with Gasteiger partial charge < -0.3 is 14.4 Å². The third-order valence-electron chi connectivity index (χ3n) is 6.08. The largest absolute Gasteiger partial charge is 0.493 e. The first-order valence-electron chi connectivity index (χ1n) is 10.7. The monoisotopic (exact) mass is 486 g/mol. The number of ether oxygens (including phenoxy) is 2. The molecule has 1 aromatic carbocycles. The molecule has 33 heavy (non-hydrogen) atoms. The van der Waals surface area contributed by atoms with Crippen LogP contribution in [0.3, 0.4) is 0 Å². The van der Waals surface area contributed by atoms with Crippen LogP contribution in [0.1, 0.15) is 53.1 Å². The number of piperidine rings is 1. The number of rotatable bonds is 6. The molecule has 5 nitrogen and oxygen atoms in total. The lowest BCUT2D eigenvalue weighted by molar-refractivity contribution is -0.137. The SMILES string of the molecule is COC(=O)c1cc(C2CC2)c(OCC2CCN(c3cc(C(F)(F)F)c(Cl)cn3)CC2)cc1F. The number of halogens is 5. The van der Waals surface area contributed by atoms with Gasteiger partial charge in [0.15, 0.2) is 0 Å². The van der Waals surface area contributed by atoms with Crippen LogP contribution in [0, 0.1) is 11.7 Å². The number of hydrogen-bond acceptors (Lipinski definition) is 5. The Labute approximate surface area is 193 Å². The Balaban J connectivity index is 1.39. The van der Waals surface area contributed by atoms with Gasteiger partial charge in [-0.05, 0) is 55.2 Å². The number of esters is 1. The topological polar surface area (TPSA) is 51.7 Å². The quantitative estimate of drug-likeness (QED) is 0.378. The van der Waals surface area contributed by atoms with Crippen LogP contribution in [0.2, 0.25) is 5.02 Å². The number of pyridine rings is 1. The number of benzene rings is 1. The number of aromatic nitrogens is 1. The van der Waals surface area contributed by atoms with E-state index in [4.69, 9.17) is 16.3 Å². The first-order valence-corrected chi connectivity index (χ1v) is 11.1. The van der Waals surface area contributed by atoms with E-state index >= 15 is 0 Å². The van der Waals surface area contributed by atoms with E-state index in [9.17, 15) is 22.4 Å². The van der Waals surface area contributed by atoms with E-state index in [2.05, 4.69) is 9.72 Å². The van der Waals surface area contributed by atoms with E-state index < -0.39 is 28.5 Å². The van der Waals surface area contributed by atoms with E-state index in [0.717, 1.165) is 30.7 Å². The fourth-order valence-corrected chi connectivity index (χ4v) is 4.24. The summed E-state index contributed by atoms with van der Waals surface area (Å²) in [5, 5.41) is -0.425. The summed E-state index contributed by atoms with van der Waals surface area (Å²) in [4.78, 5) is 17.7. The van der Waals surface area contributed by atoms with Crippen LogP contribution >= 0.6 is 11.6 Å². The third-order valence-corrected chi connectivity index (χ3v) is 6.38. The molecule has 0 atom stereocenters. The normalized spacial score (nSPS) is 17.2. The standard InChI is InChI=1S/C23H23ClF4N2O3/c1-32-22(31)16-8-15(14-2-3-14)20(10-19(16)25)33-12-13-4-6-30(7-5-13)21-9-17(23(26,27)28)18(24)11-29-21/h8-11,13-14H,2-7,12H2,1H3. The van der Waals surface area contributed by atoms with Crippen molar-refractivity contribution in [2.24, 2.45) is 5.92 Å². The minimum Gasteiger partial charge on any atom is -0.493 e. The highest BCUT2D eigenvalue weighted by Crippen LogP contribution is 2.45. The van der Waals surface area contributed by atoms with Gasteiger partial charge in [0.2, 0.25) is 0 Å². The number of anilines is 1. The first-order chi connectivity index (χ1) is 15.7. The summed E-state index contributed by atoms with van der Waals surface area (Å²) < 4.78 is 64.4. The highest BCUT2D eigenvalue weighted by atomic mass is 35.5. The van der Waals surface area contributed by atoms with Gasteiger partial charge in [0.25, 0.3) is 0 Å². The summed E-state index contributed by atoms with van der Waals surface area (Å²) in [6.45, 7) is 1.39. The number of carbonyl (C=O) groups is 1. The van der Waals surface area contributed by atoms with Crippen LogP contribution < -0.4 is 9.64 Å². The predicted molar refractivity (Wildman–Crippen MR) is 114 cm³/mol. The van der Waals surface area contributed by atoms with Gasteiger partial charge >= 0.3 is 12.1 Å². The second kappa shape index (κ2) is 9.37. The number of carbonyl (C=O) groups excluding carboxylic acids is 1. The lowest BCUT2D eigenvalue weighted by atomic mass is 9.97. The van der Waals surface area contributed by atoms with E-state index in [1.54, 1.807) is 4.90 Å². The van der Waals surface area contributed by atoms with Crippen LogP contribution in [0.25, 0.3) is 0 Å². The Kier molecular flexibility index (Phi) is 6.70. The van der Waals surface area contributed by atoms with Gasteiger partial charge in [-0.25, -0.2) is 14.2 Å². The molecule has 0 N–H and O–H groups in total. The van der Waals surface area contributed by atoms with Crippen molar-refractivity contribution in [1.82, 2.24) is 4.98 Å². The molecule has 0 amide bonds. The van der Waals surface area contributed by atoms with Gasteiger partial charge in [0, 0.05) is 25.4 Å². The van der Waals surface area contributed by atoms with Gasteiger partial charge in [-0.2, -0.15) is 13.2 Å². The number of nitrogens with zero attached hydrogens (tertiary/aromatic N) is 2. The van der Waals surface area contributed by atoms with Crippen LogP contribution in [0.5, 0.6) is 5.75 Å². The van der Waals surface area contributed by atoms with Crippen LogP contribution in [-0.4, -0.2) is 37.8 Å². The molecule has 4 rings (SSSR count). The second-order valence-electron chi connectivity index (χ2n) is 8.40. The van der Waals surface area contributed by atoms with Crippen LogP contribution in [-0.2, 0) is 10.9 Å². The van der Waals surface area contributed by atoms with Crippen molar-refractivity contribution in [3.8, 4) is 5.75 Å². The zero-order chi connectivity index (χ0) is 23.8. The Hall–Kier alpha value is -2.55. The molecule has 0 spiro atoms. The molecule has 0 unspecified atom stereocenters. The van der Waals surface area contributed by atoms with Gasteiger partial charge in [-0.3, -0.25) is 0 Å². The summed E-state index contributed by atoms with van der Waals surface area (Å²) in [5.41, 5.74) is -0.197. The van der Waals surface area contributed by atoms with Crippen molar-refractivity contribution in [2.45, 2.75) is 37.8 Å².